The monoisotopic (exact) mass is 322 g/mol. The summed E-state index contributed by atoms with van der Waals surface area (Å²) in [5.41, 5.74) is 2.89. The van der Waals surface area contributed by atoms with Crippen molar-refractivity contribution in [2.75, 3.05) is 6.54 Å². The van der Waals surface area contributed by atoms with Crippen molar-refractivity contribution in [3.63, 3.8) is 0 Å². The van der Waals surface area contributed by atoms with Crippen LogP contribution >= 0.6 is 0 Å². The van der Waals surface area contributed by atoms with Crippen molar-refractivity contribution in [1.82, 2.24) is 29.7 Å². The predicted molar refractivity (Wildman–Crippen MR) is 87.3 cm³/mol. The zero-order valence-corrected chi connectivity index (χ0v) is 13.2. The molecule has 0 radical (unpaired) electrons. The third-order valence-electron chi connectivity index (χ3n) is 4.11. The molecule has 0 N–H and O–H groups in total. The van der Waals surface area contributed by atoms with Crippen LogP contribution in [0.4, 0.5) is 0 Å². The molecule has 1 aromatic carbocycles. The summed E-state index contributed by atoms with van der Waals surface area (Å²) < 4.78 is 3.62. The van der Waals surface area contributed by atoms with Crippen molar-refractivity contribution in [1.29, 1.82) is 0 Å². The third-order valence-corrected chi connectivity index (χ3v) is 4.11. The fourth-order valence-electron chi connectivity index (χ4n) is 2.91. The Morgan fingerprint density at radius 2 is 1.96 bits per heavy atom. The summed E-state index contributed by atoms with van der Waals surface area (Å²) in [5, 5.41) is 12.7. The van der Waals surface area contributed by atoms with Crippen LogP contribution in [0.15, 0.2) is 48.9 Å². The van der Waals surface area contributed by atoms with Gasteiger partial charge in [-0.05, 0) is 18.6 Å². The summed E-state index contributed by atoms with van der Waals surface area (Å²) in [7, 11) is 0. The molecule has 1 fully saturated rings. The SMILES string of the molecule is O=C1CCCN1Cc1cn(Cc2cnn(-c3ccccc3)c2)nn1. The van der Waals surface area contributed by atoms with Gasteiger partial charge in [-0.3, -0.25) is 4.79 Å². The Kier molecular flexibility index (Phi) is 3.82. The molecule has 2 aromatic heterocycles. The lowest BCUT2D eigenvalue weighted by Crippen LogP contribution is -2.23. The number of rotatable bonds is 5. The second-order valence-electron chi connectivity index (χ2n) is 5.96. The van der Waals surface area contributed by atoms with E-state index in [9.17, 15) is 4.79 Å². The molecule has 1 aliphatic rings. The number of benzene rings is 1. The summed E-state index contributed by atoms with van der Waals surface area (Å²) >= 11 is 0. The quantitative estimate of drug-likeness (QED) is 0.716. The average molecular weight is 322 g/mol. The summed E-state index contributed by atoms with van der Waals surface area (Å²) in [6.07, 6.45) is 7.29. The Morgan fingerprint density at radius 3 is 2.75 bits per heavy atom. The maximum absolute atomic E-state index is 11.7. The number of hydrogen-bond acceptors (Lipinski definition) is 4. The van der Waals surface area contributed by atoms with E-state index in [1.165, 1.54) is 0 Å². The fraction of sp³-hybridized carbons (Fsp3) is 0.294. The molecule has 0 bridgehead atoms. The van der Waals surface area contributed by atoms with Crippen molar-refractivity contribution >= 4 is 5.91 Å². The first-order valence-electron chi connectivity index (χ1n) is 8.04. The van der Waals surface area contributed by atoms with Crippen LogP contribution in [0.2, 0.25) is 0 Å². The highest BCUT2D eigenvalue weighted by molar-refractivity contribution is 5.77. The van der Waals surface area contributed by atoms with Gasteiger partial charge in [0.2, 0.25) is 5.91 Å². The summed E-state index contributed by atoms with van der Waals surface area (Å²) in [6.45, 7) is 1.96. The molecular weight excluding hydrogens is 304 g/mol. The van der Waals surface area contributed by atoms with Crippen LogP contribution in [0.1, 0.15) is 24.1 Å². The maximum atomic E-state index is 11.7. The molecule has 122 valence electrons. The first kappa shape index (κ1) is 14.6. The largest absolute Gasteiger partial charge is 0.337 e. The van der Waals surface area contributed by atoms with Gasteiger partial charge in [0.15, 0.2) is 0 Å². The van der Waals surface area contributed by atoms with Crippen LogP contribution in [-0.4, -0.2) is 42.1 Å². The van der Waals surface area contributed by atoms with Gasteiger partial charge in [0.1, 0.15) is 5.69 Å². The second-order valence-corrected chi connectivity index (χ2v) is 5.96. The molecule has 1 aliphatic heterocycles. The summed E-state index contributed by atoms with van der Waals surface area (Å²) in [6, 6.07) is 9.98. The first-order valence-corrected chi connectivity index (χ1v) is 8.04. The standard InChI is InChI=1S/C17H18N6O/c24-17-7-4-8-21(17)12-15-13-22(20-19-15)10-14-9-18-23(11-14)16-5-2-1-3-6-16/h1-3,5-6,9,11,13H,4,7-8,10,12H2. The summed E-state index contributed by atoms with van der Waals surface area (Å²) in [4.78, 5) is 13.5. The smallest absolute Gasteiger partial charge is 0.222 e. The lowest BCUT2D eigenvalue weighted by Gasteiger charge is -2.12. The number of para-hydroxylation sites is 1. The van der Waals surface area contributed by atoms with Gasteiger partial charge in [-0.1, -0.05) is 23.4 Å². The Bertz CT molecular complexity index is 838. The Labute approximate surface area is 139 Å². The van der Waals surface area contributed by atoms with Gasteiger partial charge in [0.25, 0.3) is 0 Å². The van der Waals surface area contributed by atoms with Gasteiger partial charge in [-0.2, -0.15) is 5.10 Å². The van der Waals surface area contributed by atoms with E-state index in [1.54, 1.807) is 4.68 Å². The first-order chi connectivity index (χ1) is 11.8. The molecular formula is C17H18N6O. The minimum absolute atomic E-state index is 0.202. The molecule has 0 spiro atoms. The second kappa shape index (κ2) is 6.27. The topological polar surface area (TPSA) is 68.8 Å². The van der Waals surface area contributed by atoms with Crippen molar-refractivity contribution in [3.05, 3.63) is 60.2 Å². The molecule has 0 atom stereocenters. The molecule has 0 aliphatic carbocycles. The minimum Gasteiger partial charge on any atom is -0.337 e. The highest BCUT2D eigenvalue weighted by Gasteiger charge is 2.21. The number of carbonyl (C=O) groups excluding carboxylic acids is 1. The molecule has 4 rings (SSSR count). The van der Waals surface area contributed by atoms with E-state index < -0.39 is 0 Å². The van der Waals surface area contributed by atoms with Crippen LogP contribution in [0.5, 0.6) is 0 Å². The minimum atomic E-state index is 0.202. The molecule has 7 nitrogen and oxygen atoms in total. The molecule has 3 heterocycles. The maximum Gasteiger partial charge on any atom is 0.222 e. The van der Waals surface area contributed by atoms with E-state index in [2.05, 4.69) is 15.4 Å². The van der Waals surface area contributed by atoms with Crippen molar-refractivity contribution in [3.8, 4) is 5.69 Å². The predicted octanol–water partition coefficient (Wildman–Crippen LogP) is 1.63. The van der Waals surface area contributed by atoms with E-state index in [1.807, 2.05) is 58.5 Å². The van der Waals surface area contributed by atoms with Gasteiger partial charge in [0.05, 0.1) is 31.2 Å². The van der Waals surface area contributed by atoms with Crippen LogP contribution in [0, 0.1) is 0 Å². The number of hydrogen-bond donors (Lipinski definition) is 0. The summed E-state index contributed by atoms with van der Waals surface area (Å²) in [5.74, 6) is 0.202. The molecule has 3 aromatic rings. The molecule has 1 amide bonds. The van der Waals surface area contributed by atoms with E-state index >= 15 is 0 Å². The van der Waals surface area contributed by atoms with Gasteiger partial charge in [0, 0.05) is 24.7 Å². The molecule has 24 heavy (non-hydrogen) atoms. The Balaban J connectivity index is 1.43. The number of likely N-dealkylation sites (tertiary alicyclic amines) is 1. The van der Waals surface area contributed by atoms with Crippen LogP contribution in [0.3, 0.4) is 0 Å². The third kappa shape index (κ3) is 3.05. The zero-order chi connectivity index (χ0) is 16.4. The molecule has 1 saturated heterocycles. The van der Waals surface area contributed by atoms with Crippen molar-refractivity contribution in [2.45, 2.75) is 25.9 Å². The van der Waals surface area contributed by atoms with E-state index in [4.69, 9.17) is 0 Å². The van der Waals surface area contributed by atoms with Crippen LogP contribution < -0.4 is 0 Å². The highest BCUT2D eigenvalue weighted by atomic mass is 16.2. The van der Waals surface area contributed by atoms with Gasteiger partial charge < -0.3 is 4.90 Å². The van der Waals surface area contributed by atoms with Crippen molar-refractivity contribution in [2.24, 2.45) is 0 Å². The van der Waals surface area contributed by atoms with Gasteiger partial charge >= 0.3 is 0 Å². The molecule has 0 saturated carbocycles. The lowest BCUT2D eigenvalue weighted by atomic mass is 10.3. The highest BCUT2D eigenvalue weighted by Crippen LogP contribution is 2.13. The number of amides is 1. The number of nitrogens with zero attached hydrogens (tertiary/aromatic N) is 6. The number of aromatic nitrogens is 5. The lowest BCUT2D eigenvalue weighted by molar-refractivity contribution is -0.128. The van der Waals surface area contributed by atoms with Crippen LogP contribution in [0.25, 0.3) is 5.69 Å². The number of carbonyl (C=O) groups is 1. The molecule has 7 heteroatoms. The normalized spacial score (nSPS) is 14.5. The van der Waals surface area contributed by atoms with Crippen LogP contribution in [-0.2, 0) is 17.9 Å². The van der Waals surface area contributed by atoms with Gasteiger partial charge in [-0.25, -0.2) is 9.36 Å². The van der Waals surface area contributed by atoms with Crippen molar-refractivity contribution < 1.29 is 4.79 Å². The van der Waals surface area contributed by atoms with Gasteiger partial charge in [-0.15, -0.1) is 5.10 Å². The van der Waals surface area contributed by atoms with E-state index in [0.717, 1.165) is 29.9 Å². The average Bonchev–Trinajstić information content (AvgIpc) is 3.33. The zero-order valence-electron chi connectivity index (χ0n) is 13.2. The molecule has 0 unspecified atom stereocenters. The Hall–Kier alpha value is -2.96. The van der Waals surface area contributed by atoms with E-state index in [0.29, 0.717) is 19.5 Å². The van der Waals surface area contributed by atoms with E-state index in [-0.39, 0.29) is 5.91 Å². The fourth-order valence-corrected chi connectivity index (χ4v) is 2.91. The Morgan fingerprint density at radius 1 is 1.08 bits per heavy atom.